The summed E-state index contributed by atoms with van der Waals surface area (Å²) >= 11 is 0. The first-order chi connectivity index (χ1) is 11.9. The summed E-state index contributed by atoms with van der Waals surface area (Å²) in [5.41, 5.74) is -0.345. The second-order valence-corrected chi connectivity index (χ2v) is 5.99. The fourth-order valence-corrected chi connectivity index (χ4v) is 2.01. The lowest BCUT2D eigenvalue weighted by atomic mass is 10.1. The van der Waals surface area contributed by atoms with Crippen molar-refractivity contribution in [2.45, 2.75) is 26.0 Å². The number of carboxylic acids is 1. The molecule has 0 unspecified atom stereocenters. The van der Waals surface area contributed by atoms with Gasteiger partial charge in [-0.2, -0.15) is 0 Å². The molecule has 2 N–H and O–H groups in total. The van der Waals surface area contributed by atoms with Crippen LogP contribution in [0.4, 0.5) is 0 Å². The number of carbonyl (C=O) groups is 2. The number of carboxylic acid groups (broad SMARTS) is 1. The largest absolute Gasteiger partial charge is 0.485 e. The molecule has 0 atom stereocenters. The molecule has 2 aromatic rings. The van der Waals surface area contributed by atoms with Crippen molar-refractivity contribution in [3.63, 3.8) is 0 Å². The Morgan fingerprint density at radius 1 is 0.960 bits per heavy atom. The van der Waals surface area contributed by atoms with E-state index in [-0.39, 0.29) is 6.61 Å². The Balaban J connectivity index is 1.94. The summed E-state index contributed by atoms with van der Waals surface area (Å²) in [5, 5.41) is 11.4. The number of para-hydroxylation sites is 2. The van der Waals surface area contributed by atoms with E-state index < -0.39 is 17.4 Å². The number of rotatable bonds is 8. The van der Waals surface area contributed by atoms with E-state index >= 15 is 0 Å². The van der Waals surface area contributed by atoms with Gasteiger partial charge in [-0.15, -0.1) is 0 Å². The van der Waals surface area contributed by atoms with Crippen LogP contribution in [0.15, 0.2) is 54.6 Å². The van der Waals surface area contributed by atoms with E-state index in [2.05, 4.69) is 5.32 Å². The van der Waals surface area contributed by atoms with E-state index in [0.29, 0.717) is 18.1 Å². The van der Waals surface area contributed by atoms with Crippen molar-refractivity contribution in [1.29, 1.82) is 0 Å². The van der Waals surface area contributed by atoms with Crippen LogP contribution in [-0.4, -0.2) is 29.1 Å². The Morgan fingerprint density at radius 2 is 1.52 bits per heavy atom. The lowest BCUT2D eigenvalue weighted by molar-refractivity contribution is -0.146. The van der Waals surface area contributed by atoms with E-state index in [1.807, 2.05) is 30.3 Å². The Hall–Kier alpha value is -3.02. The summed E-state index contributed by atoms with van der Waals surface area (Å²) in [6, 6.07) is 16.7. The van der Waals surface area contributed by atoms with Crippen molar-refractivity contribution in [1.82, 2.24) is 5.32 Å². The van der Waals surface area contributed by atoms with Crippen LogP contribution in [0.5, 0.6) is 11.5 Å². The van der Waals surface area contributed by atoms with Crippen LogP contribution in [0.1, 0.15) is 19.4 Å². The Kier molecular flexibility index (Phi) is 6.00. The standard InChI is InChI=1S/C19H21NO5/c1-19(2,18(22)23)20-17(21)13-25-16-11-7-6-10-15(16)24-12-14-8-4-3-5-9-14/h3-11H,12-13H2,1-2H3,(H,20,21)(H,22,23). The van der Waals surface area contributed by atoms with Crippen molar-refractivity contribution in [2.24, 2.45) is 0 Å². The molecule has 6 heteroatoms. The molecule has 0 saturated heterocycles. The first-order valence-corrected chi connectivity index (χ1v) is 7.81. The molecule has 1 amide bonds. The monoisotopic (exact) mass is 343 g/mol. The van der Waals surface area contributed by atoms with Crippen molar-refractivity contribution >= 4 is 11.9 Å². The van der Waals surface area contributed by atoms with Crippen LogP contribution in [0.3, 0.4) is 0 Å². The smallest absolute Gasteiger partial charge is 0.328 e. The molecule has 6 nitrogen and oxygen atoms in total. The van der Waals surface area contributed by atoms with Crippen LogP contribution >= 0.6 is 0 Å². The topological polar surface area (TPSA) is 84.9 Å². The average Bonchev–Trinajstić information content (AvgIpc) is 2.59. The highest BCUT2D eigenvalue weighted by Crippen LogP contribution is 2.27. The van der Waals surface area contributed by atoms with E-state index in [1.165, 1.54) is 13.8 Å². The fraction of sp³-hybridized carbons (Fsp3) is 0.263. The highest BCUT2D eigenvalue weighted by molar-refractivity contribution is 5.86. The summed E-state index contributed by atoms with van der Waals surface area (Å²) in [4.78, 5) is 22.9. The number of ether oxygens (including phenoxy) is 2. The average molecular weight is 343 g/mol. The minimum absolute atomic E-state index is 0.303. The van der Waals surface area contributed by atoms with Gasteiger partial charge in [-0.1, -0.05) is 42.5 Å². The number of benzene rings is 2. The third kappa shape index (κ3) is 5.53. The molecule has 132 valence electrons. The van der Waals surface area contributed by atoms with Gasteiger partial charge in [0, 0.05) is 0 Å². The predicted octanol–water partition coefficient (Wildman–Crippen LogP) is 2.62. The maximum atomic E-state index is 11.9. The van der Waals surface area contributed by atoms with E-state index in [4.69, 9.17) is 14.6 Å². The third-order valence-corrected chi connectivity index (χ3v) is 3.43. The van der Waals surface area contributed by atoms with Gasteiger partial charge in [0.2, 0.25) is 0 Å². The quantitative estimate of drug-likeness (QED) is 0.770. The summed E-state index contributed by atoms with van der Waals surface area (Å²) in [6.45, 7) is 2.89. The van der Waals surface area contributed by atoms with Crippen molar-refractivity contribution < 1.29 is 24.2 Å². The van der Waals surface area contributed by atoms with Gasteiger partial charge in [0.25, 0.3) is 5.91 Å². The van der Waals surface area contributed by atoms with Crippen LogP contribution < -0.4 is 14.8 Å². The zero-order valence-corrected chi connectivity index (χ0v) is 14.2. The molecule has 0 fully saturated rings. The zero-order chi connectivity index (χ0) is 18.3. The molecular formula is C19H21NO5. The van der Waals surface area contributed by atoms with Gasteiger partial charge in [-0.3, -0.25) is 4.79 Å². The van der Waals surface area contributed by atoms with Gasteiger partial charge < -0.3 is 19.9 Å². The van der Waals surface area contributed by atoms with Gasteiger partial charge in [0.15, 0.2) is 18.1 Å². The molecule has 0 spiro atoms. The zero-order valence-electron chi connectivity index (χ0n) is 14.2. The van der Waals surface area contributed by atoms with Gasteiger partial charge in [-0.05, 0) is 31.5 Å². The third-order valence-electron chi connectivity index (χ3n) is 3.43. The molecule has 0 aliphatic carbocycles. The van der Waals surface area contributed by atoms with Gasteiger partial charge in [0.05, 0.1) is 0 Å². The summed E-state index contributed by atoms with van der Waals surface area (Å²) in [5.74, 6) is -0.712. The molecule has 2 rings (SSSR count). The van der Waals surface area contributed by atoms with Crippen molar-refractivity contribution in [3.05, 3.63) is 60.2 Å². The molecular weight excluding hydrogens is 322 g/mol. The highest BCUT2D eigenvalue weighted by atomic mass is 16.5. The molecule has 2 aromatic carbocycles. The SMILES string of the molecule is CC(C)(NC(=O)COc1ccccc1OCc1ccccc1)C(=O)O. The molecule has 0 saturated carbocycles. The maximum Gasteiger partial charge on any atom is 0.328 e. The van der Waals surface area contributed by atoms with Gasteiger partial charge in [0.1, 0.15) is 12.1 Å². The number of hydrogen-bond acceptors (Lipinski definition) is 4. The maximum absolute atomic E-state index is 11.9. The van der Waals surface area contributed by atoms with Crippen LogP contribution in [-0.2, 0) is 16.2 Å². The summed E-state index contributed by atoms with van der Waals surface area (Å²) < 4.78 is 11.2. The van der Waals surface area contributed by atoms with Crippen molar-refractivity contribution in [3.8, 4) is 11.5 Å². The minimum Gasteiger partial charge on any atom is -0.485 e. The molecule has 0 bridgehead atoms. The molecule has 0 heterocycles. The number of hydrogen-bond donors (Lipinski definition) is 2. The van der Waals surface area contributed by atoms with Crippen LogP contribution in [0.2, 0.25) is 0 Å². The van der Waals surface area contributed by atoms with Gasteiger partial charge >= 0.3 is 5.97 Å². The van der Waals surface area contributed by atoms with E-state index in [1.54, 1.807) is 24.3 Å². The highest BCUT2D eigenvalue weighted by Gasteiger charge is 2.29. The lowest BCUT2D eigenvalue weighted by Crippen LogP contribution is -2.51. The van der Waals surface area contributed by atoms with Crippen LogP contribution in [0, 0.1) is 0 Å². The number of amides is 1. The predicted molar refractivity (Wildman–Crippen MR) is 92.6 cm³/mol. The Morgan fingerprint density at radius 3 is 2.12 bits per heavy atom. The lowest BCUT2D eigenvalue weighted by Gasteiger charge is -2.21. The summed E-state index contributed by atoms with van der Waals surface area (Å²) in [6.07, 6.45) is 0. The first-order valence-electron chi connectivity index (χ1n) is 7.81. The number of nitrogens with one attached hydrogen (secondary N) is 1. The second-order valence-electron chi connectivity index (χ2n) is 5.99. The van der Waals surface area contributed by atoms with Gasteiger partial charge in [-0.25, -0.2) is 4.79 Å². The Bertz CT molecular complexity index is 728. The molecule has 0 radical (unpaired) electrons. The fourth-order valence-electron chi connectivity index (χ4n) is 2.01. The molecule has 25 heavy (non-hydrogen) atoms. The molecule has 0 aliphatic heterocycles. The van der Waals surface area contributed by atoms with Crippen molar-refractivity contribution in [2.75, 3.05) is 6.61 Å². The van der Waals surface area contributed by atoms with E-state index in [9.17, 15) is 9.59 Å². The Labute approximate surface area is 146 Å². The number of carbonyl (C=O) groups excluding carboxylic acids is 1. The summed E-state index contributed by atoms with van der Waals surface area (Å²) in [7, 11) is 0. The molecule has 0 aromatic heterocycles. The normalized spacial score (nSPS) is 10.8. The number of aliphatic carboxylic acids is 1. The van der Waals surface area contributed by atoms with Crippen LogP contribution in [0.25, 0.3) is 0 Å². The second kappa shape index (κ2) is 8.19. The molecule has 0 aliphatic rings. The first kappa shape index (κ1) is 18.3. The minimum atomic E-state index is -1.36. The van der Waals surface area contributed by atoms with E-state index in [0.717, 1.165) is 5.56 Å².